The summed E-state index contributed by atoms with van der Waals surface area (Å²) in [4.78, 5) is 24.5. The van der Waals surface area contributed by atoms with Gasteiger partial charge in [-0.15, -0.1) is 0 Å². The number of rotatable bonds is 5. The molecule has 7 nitrogen and oxygen atoms in total. The molecule has 0 atom stereocenters. The van der Waals surface area contributed by atoms with Gasteiger partial charge in [-0.05, 0) is 18.2 Å². The van der Waals surface area contributed by atoms with E-state index in [1.54, 1.807) is 24.3 Å². The molecule has 2 N–H and O–H groups in total. The van der Waals surface area contributed by atoms with E-state index in [1.165, 1.54) is 20.3 Å². The maximum Gasteiger partial charge on any atom is 0.349 e. The van der Waals surface area contributed by atoms with Gasteiger partial charge in [0, 0.05) is 12.1 Å². The van der Waals surface area contributed by atoms with Crippen molar-refractivity contribution in [3.05, 3.63) is 64.5 Å². The summed E-state index contributed by atoms with van der Waals surface area (Å²) in [5, 5.41) is 0.493. The second-order valence-electron chi connectivity index (χ2n) is 5.13. The van der Waals surface area contributed by atoms with Crippen molar-refractivity contribution in [1.82, 2.24) is 5.43 Å². The van der Waals surface area contributed by atoms with Crippen LogP contribution in [0.15, 0.2) is 57.7 Å². The molecule has 1 heterocycles. The lowest BCUT2D eigenvalue weighted by atomic mass is 10.1. The Morgan fingerprint density at radius 3 is 2.48 bits per heavy atom. The lowest BCUT2D eigenvalue weighted by molar-refractivity contribution is 0.0959. The number of ether oxygens (including phenoxy) is 2. The molecule has 1 aromatic heterocycles. The molecule has 0 bridgehead atoms. The van der Waals surface area contributed by atoms with Crippen molar-refractivity contribution in [2.24, 2.45) is 0 Å². The number of nitrogens with one attached hydrogen (secondary N) is 2. The van der Waals surface area contributed by atoms with Crippen molar-refractivity contribution in [1.29, 1.82) is 0 Å². The van der Waals surface area contributed by atoms with Crippen LogP contribution < -0.4 is 26.0 Å². The molecule has 2 aromatic carbocycles. The highest BCUT2D eigenvalue weighted by molar-refractivity contribution is 5.98. The summed E-state index contributed by atoms with van der Waals surface area (Å²) in [6, 6.07) is 13.7. The second-order valence-corrected chi connectivity index (χ2v) is 5.13. The monoisotopic (exact) mass is 340 g/mol. The van der Waals surface area contributed by atoms with E-state index >= 15 is 0 Å². The Bertz CT molecular complexity index is 966. The van der Waals surface area contributed by atoms with E-state index in [4.69, 9.17) is 13.9 Å². The van der Waals surface area contributed by atoms with Gasteiger partial charge in [0.05, 0.1) is 25.3 Å². The number of carbonyl (C=O) groups excluding carboxylic acids is 1. The van der Waals surface area contributed by atoms with Gasteiger partial charge in [-0.3, -0.25) is 15.6 Å². The van der Waals surface area contributed by atoms with Gasteiger partial charge in [-0.2, -0.15) is 0 Å². The van der Waals surface area contributed by atoms with Crippen LogP contribution in [-0.2, 0) is 0 Å². The van der Waals surface area contributed by atoms with Crippen molar-refractivity contribution in [2.45, 2.75) is 0 Å². The van der Waals surface area contributed by atoms with E-state index in [2.05, 4.69) is 10.9 Å². The van der Waals surface area contributed by atoms with Gasteiger partial charge < -0.3 is 13.9 Å². The first kappa shape index (κ1) is 16.4. The van der Waals surface area contributed by atoms with Gasteiger partial charge in [0.1, 0.15) is 22.6 Å². The zero-order valence-electron chi connectivity index (χ0n) is 13.7. The molecule has 0 aliphatic heterocycles. The Morgan fingerprint density at radius 2 is 1.80 bits per heavy atom. The Morgan fingerprint density at radius 1 is 1.04 bits per heavy atom. The molecule has 7 heteroatoms. The molecule has 3 rings (SSSR count). The number of benzene rings is 2. The number of hydrogen-bond donors (Lipinski definition) is 2. The fourth-order valence-electron chi connectivity index (χ4n) is 2.32. The van der Waals surface area contributed by atoms with E-state index < -0.39 is 11.5 Å². The molecular formula is C18H16N2O5. The van der Waals surface area contributed by atoms with Crippen LogP contribution in [0.4, 0.5) is 5.69 Å². The molecule has 0 saturated carbocycles. The summed E-state index contributed by atoms with van der Waals surface area (Å²) in [7, 11) is 2.98. The molecular weight excluding hydrogens is 324 g/mol. The molecule has 0 aliphatic rings. The summed E-state index contributed by atoms with van der Waals surface area (Å²) in [6.45, 7) is 0. The van der Waals surface area contributed by atoms with Gasteiger partial charge in [0.25, 0.3) is 5.91 Å². The zero-order valence-corrected chi connectivity index (χ0v) is 13.7. The van der Waals surface area contributed by atoms with E-state index in [9.17, 15) is 9.59 Å². The Hall–Kier alpha value is -3.48. The lowest BCUT2D eigenvalue weighted by Crippen LogP contribution is -2.32. The Labute approximate surface area is 143 Å². The fraction of sp³-hybridized carbons (Fsp3) is 0.111. The predicted molar refractivity (Wildman–Crippen MR) is 93.1 cm³/mol. The average Bonchev–Trinajstić information content (AvgIpc) is 2.65. The first-order valence-electron chi connectivity index (χ1n) is 7.43. The largest absolute Gasteiger partial charge is 0.496 e. The quantitative estimate of drug-likeness (QED) is 0.548. The standard InChI is InChI=1S/C18H16N2O5/c1-23-12-8-15(24-2)13-10-14(18(22)25-16(13)9-12)17(21)20-19-11-6-4-3-5-7-11/h3-10,19H,1-2H3,(H,20,21). The van der Waals surface area contributed by atoms with Gasteiger partial charge in [-0.25, -0.2) is 4.79 Å². The SMILES string of the molecule is COc1cc(OC)c2cc(C(=O)NNc3ccccc3)c(=O)oc2c1. The normalized spacial score (nSPS) is 10.3. The van der Waals surface area contributed by atoms with Crippen LogP contribution >= 0.6 is 0 Å². The van der Waals surface area contributed by atoms with Gasteiger partial charge >= 0.3 is 5.63 Å². The molecule has 25 heavy (non-hydrogen) atoms. The number of hydrazine groups is 1. The van der Waals surface area contributed by atoms with E-state index in [0.717, 1.165) is 0 Å². The molecule has 3 aromatic rings. The lowest BCUT2D eigenvalue weighted by Gasteiger charge is -2.10. The molecule has 0 spiro atoms. The molecule has 0 radical (unpaired) electrons. The molecule has 0 fully saturated rings. The molecule has 0 unspecified atom stereocenters. The Balaban J connectivity index is 1.94. The van der Waals surface area contributed by atoms with Gasteiger partial charge in [0.15, 0.2) is 0 Å². The van der Waals surface area contributed by atoms with Crippen LogP contribution in [0.2, 0.25) is 0 Å². The van der Waals surface area contributed by atoms with Crippen LogP contribution in [0.1, 0.15) is 10.4 Å². The summed E-state index contributed by atoms with van der Waals surface area (Å²) < 4.78 is 15.7. The van der Waals surface area contributed by atoms with Crippen molar-refractivity contribution in [3.63, 3.8) is 0 Å². The van der Waals surface area contributed by atoms with Crippen LogP contribution in [0, 0.1) is 0 Å². The number of fused-ring (bicyclic) bond motifs is 1. The number of methoxy groups -OCH3 is 2. The molecule has 1 amide bonds. The third-order valence-electron chi connectivity index (χ3n) is 3.58. The number of amides is 1. The third-order valence-corrected chi connectivity index (χ3v) is 3.58. The number of carbonyl (C=O) groups is 1. The minimum Gasteiger partial charge on any atom is -0.496 e. The Kier molecular flexibility index (Phi) is 4.56. The van der Waals surface area contributed by atoms with Crippen LogP contribution in [-0.4, -0.2) is 20.1 Å². The number of anilines is 1. The summed E-state index contributed by atoms with van der Waals surface area (Å²) in [6.07, 6.45) is 0. The summed E-state index contributed by atoms with van der Waals surface area (Å²) in [5.41, 5.74) is 5.26. The van der Waals surface area contributed by atoms with Crippen LogP contribution in [0.5, 0.6) is 11.5 Å². The second kappa shape index (κ2) is 6.96. The van der Waals surface area contributed by atoms with Crippen molar-refractivity contribution in [3.8, 4) is 11.5 Å². The minimum atomic E-state index is -0.754. The van der Waals surface area contributed by atoms with Gasteiger partial charge in [0.2, 0.25) is 0 Å². The van der Waals surface area contributed by atoms with Crippen LogP contribution in [0.3, 0.4) is 0 Å². The summed E-state index contributed by atoms with van der Waals surface area (Å²) in [5.74, 6) is 0.302. The van der Waals surface area contributed by atoms with E-state index in [0.29, 0.717) is 22.6 Å². The average molecular weight is 340 g/mol. The highest BCUT2D eigenvalue weighted by atomic mass is 16.5. The van der Waals surface area contributed by atoms with Crippen molar-refractivity contribution in [2.75, 3.05) is 19.6 Å². The predicted octanol–water partition coefficient (Wildman–Crippen LogP) is 2.57. The zero-order chi connectivity index (χ0) is 17.8. The van der Waals surface area contributed by atoms with E-state index in [1.807, 2.05) is 18.2 Å². The number of hydrogen-bond acceptors (Lipinski definition) is 6. The fourth-order valence-corrected chi connectivity index (χ4v) is 2.32. The minimum absolute atomic E-state index is 0.139. The topological polar surface area (TPSA) is 89.8 Å². The van der Waals surface area contributed by atoms with Crippen molar-refractivity contribution < 1.29 is 18.7 Å². The highest BCUT2D eigenvalue weighted by Gasteiger charge is 2.16. The first-order chi connectivity index (χ1) is 12.1. The third kappa shape index (κ3) is 3.40. The van der Waals surface area contributed by atoms with Gasteiger partial charge in [-0.1, -0.05) is 18.2 Å². The first-order valence-corrected chi connectivity index (χ1v) is 7.43. The highest BCUT2D eigenvalue weighted by Crippen LogP contribution is 2.30. The smallest absolute Gasteiger partial charge is 0.349 e. The molecule has 0 saturated heterocycles. The molecule has 128 valence electrons. The number of para-hydroxylation sites is 1. The maximum absolute atomic E-state index is 12.3. The van der Waals surface area contributed by atoms with E-state index in [-0.39, 0.29) is 11.1 Å². The summed E-state index contributed by atoms with van der Waals surface area (Å²) >= 11 is 0. The maximum atomic E-state index is 12.3. The molecule has 0 aliphatic carbocycles. The van der Waals surface area contributed by atoms with Crippen molar-refractivity contribution >= 4 is 22.6 Å². The van der Waals surface area contributed by atoms with Crippen LogP contribution in [0.25, 0.3) is 11.0 Å².